The fourth-order valence-corrected chi connectivity index (χ4v) is 3.93. The molecular weight excluding hydrogens is 282 g/mol. The third kappa shape index (κ3) is 3.65. The number of piperidine rings is 1. The minimum absolute atomic E-state index is 0.0740. The van der Waals surface area contributed by atoms with E-state index in [0.29, 0.717) is 6.54 Å². The van der Waals surface area contributed by atoms with Gasteiger partial charge in [0.05, 0.1) is 11.5 Å². The summed E-state index contributed by atoms with van der Waals surface area (Å²) in [5.74, 6) is 0.0746. The molecule has 0 radical (unpaired) electrons. The maximum Gasteiger partial charge on any atom is 0.239 e. The van der Waals surface area contributed by atoms with E-state index in [1.165, 1.54) is 16.0 Å². The lowest BCUT2D eigenvalue weighted by molar-refractivity contribution is -0.118. The Labute approximate surface area is 131 Å². The van der Waals surface area contributed by atoms with Gasteiger partial charge in [-0.05, 0) is 43.7 Å². The molecule has 1 saturated heterocycles. The predicted molar refractivity (Wildman–Crippen MR) is 90.0 cm³/mol. The molecule has 21 heavy (non-hydrogen) atoms. The van der Waals surface area contributed by atoms with E-state index in [0.717, 1.165) is 24.5 Å². The van der Waals surface area contributed by atoms with Crippen molar-refractivity contribution in [3.05, 3.63) is 16.0 Å². The summed E-state index contributed by atoms with van der Waals surface area (Å²) >= 11 is 1.66. The Balaban J connectivity index is 1.95. The minimum atomic E-state index is 0.0740. The Hall–Kier alpha value is -0.910. The quantitative estimate of drug-likeness (QED) is 0.902. The Morgan fingerprint density at radius 1 is 1.38 bits per heavy atom. The SMILES string of the molecule is Cc1sc(NC(=O)CN2CCC(N)C(C)(C)C2)c(C)c1C. The summed E-state index contributed by atoms with van der Waals surface area (Å²) in [5, 5.41) is 4.05. The Kier molecular flexibility index (Phi) is 4.76. The second-order valence-electron chi connectivity index (χ2n) is 6.88. The van der Waals surface area contributed by atoms with Crippen molar-refractivity contribution in [3.8, 4) is 0 Å². The molecule has 1 atom stereocenters. The number of amides is 1. The highest BCUT2D eigenvalue weighted by atomic mass is 32.1. The summed E-state index contributed by atoms with van der Waals surface area (Å²) in [6, 6.07) is 0.224. The molecule has 0 saturated carbocycles. The van der Waals surface area contributed by atoms with Crippen LogP contribution in [0.4, 0.5) is 5.00 Å². The second-order valence-corrected chi connectivity index (χ2v) is 8.10. The van der Waals surface area contributed by atoms with E-state index in [1.54, 1.807) is 11.3 Å². The lowest BCUT2D eigenvalue weighted by atomic mass is 9.80. The highest BCUT2D eigenvalue weighted by molar-refractivity contribution is 7.16. The van der Waals surface area contributed by atoms with Gasteiger partial charge in [0.25, 0.3) is 0 Å². The number of carbonyl (C=O) groups is 1. The zero-order valence-electron chi connectivity index (χ0n) is 13.7. The molecule has 0 bridgehead atoms. The van der Waals surface area contributed by atoms with E-state index >= 15 is 0 Å². The minimum Gasteiger partial charge on any atom is -0.327 e. The lowest BCUT2D eigenvalue weighted by Crippen LogP contribution is -2.53. The molecule has 1 amide bonds. The molecular formula is C16H27N3OS. The van der Waals surface area contributed by atoms with E-state index < -0.39 is 0 Å². The fourth-order valence-electron chi connectivity index (χ4n) is 2.85. The van der Waals surface area contributed by atoms with Gasteiger partial charge in [0.15, 0.2) is 0 Å². The Bertz CT molecular complexity index is 536. The van der Waals surface area contributed by atoms with Gasteiger partial charge in [-0.3, -0.25) is 9.69 Å². The maximum absolute atomic E-state index is 12.3. The molecule has 1 aromatic rings. The number of aryl methyl sites for hydroxylation is 1. The summed E-state index contributed by atoms with van der Waals surface area (Å²) in [5.41, 5.74) is 8.68. The number of nitrogens with two attached hydrogens (primary N) is 1. The van der Waals surface area contributed by atoms with Gasteiger partial charge in [-0.15, -0.1) is 11.3 Å². The van der Waals surface area contributed by atoms with E-state index in [2.05, 4.69) is 44.8 Å². The molecule has 2 rings (SSSR count). The van der Waals surface area contributed by atoms with Gasteiger partial charge in [0.1, 0.15) is 0 Å². The zero-order valence-corrected chi connectivity index (χ0v) is 14.6. The molecule has 0 spiro atoms. The largest absolute Gasteiger partial charge is 0.327 e. The van der Waals surface area contributed by atoms with Crippen molar-refractivity contribution in [2.75, 3.05) is 25.0 Å². The molecule has 3 N–H and O–H groups in total. The van der Waals surface area contributed by atoms with Gasteiger partial charge >= 0.3 is 0 Å². The molecule has 1 aliphatic rings. The van der Waals surface area contributed by atoms with Crippen molar-refractivity contribution in [2.24, 2.45) is 11.1 Å². The number of carbonyl (C=O) groups excluding carboxylic acids is 1. The fraction of sp³-hybridized carbons (Fsp3) is 0.688. The van der Waals surface area contributed by atoms with Crippen molar-refractivity contribution in [1.82, 2.24) is 4.90 Å². The Morgan fingerprint density at radius 2 is 2.05 bits per heavy atom. The molecule has 1 aliphatic heterocycles. The van der Waals surface area contributed by atoms with Crippen LogP contribution < -0.4 is 11.1 Å². The zero-order chi connectivity index (χ0) is 15.8. The standard InChI is InChI=1S/C16H27N3OS/c1-10-11(2)15(21-12(10)3)18-14(20)8-19-7-6-13(17)16(4,5)9-19/h13H,6-9,17H2,1-5H3,(H,18,20). The van der Waals surface area contributed by atoms with Crippen molar-refractivity contribution in [3.63, 3.8) is 0 Å². The average molecular weight is 309 g/mol. The predicted octanol–water partition coefficient (Wildman–Crippen LogP) is 2.67. The van der Waals surface area contributed by atoms with Crippen LogP contribution in [-0.4, -0.2) is 36.5 Å². The first-order chi connectivity index (χ1) is 9.70. The van der Waals surface area contributed by atoms with Gasteiger partial charge in [-0.1, -0.05) is 13.8 Å². The third-order valence-corrected chi connectivity index (χ3v) is 5.92. The Morgan fingerprint density at radius 3 is 2.57 bits per heavy atom. The first-order valence-electron chi connectivity index (χ1n) is 7.55. The van der Waals surface area contributed by atoms with Crippen molar-refractivity contribution in [2.45, 2.75) is 47.1 Å². The number of thiophene rings is 1. The second kappa shape index (κ2) is 6.07. The van der Waals surface area contributed by atoms with Crippen LogP contribution in [0.3, 0.4) is 0 Å². The van der Waals surface area contributed by atoms with Gasteiger partial charge in [-0.25, -0.2) is 0 Å². The molecule has 1 unspecified atom stereocenters. The smallest absolute Gasteiger partial charge is 0.239 e. The highest BCUT2D eigenvalue weighted by Crippen LogP contribution is 2.31. The van der Waals surface area contributed by atoms with Crippen LogP contribution >= 0.6 is 11.3 Å². The van der Waals surface area contributed by atoms with Crippen LogP contribution in [0.1, 0.15) is 36.3 Å². The molecule has 0 aliphatic carbocycles. The van der Waals surface area contributed by atoms with E-state index in [9.17, 15) is 4.79 Å². The molecule has 1 aromatic heterocycles. The van der Waals surface area contributed by atoms with E-state index in [1.807, 2.05) is 0 Å². The maximum atomic E-state index is 12.3. The first kappa shape index (κ1) is 16.5. The van der Waals surface area contributed by atoms with Crippen LogP contribution in [0, 0.1) is 26.2 Å². The number of hydrogen-bond acceptors (Lipinski definition) is 4. The summed E-state index contributed by atoms with van der Waals surface area (Å²) in [6.45, 7) is 12.9. The third-order valence-electron chi connectivity index (χ3n) is 4.70. The molecule has 1 fully saturated rings. The van der Waals surface area contributed by atoms with Gasteiger partial charge in [-0.2, -0.15) is 0 Å². The van der Waals surface area contributed by atoms with E-state index in [4.69, 9.17) is 5.73 Å². The summed E-state index contributed by atoms with van der Waals surface area (Å²) < 4.78 is 0. The number of nitrogens with zero attached hydrogens (tertiary/aromatic N) is 1. The van der Waals surface area contributed by atoms with Gasteiger partial charge < -0.3 is 11.1 Å². The summed E-state index contributed by atoms with van der Waals surface area (Å²) in [4.78, 5) is 15.7. The normalized spacial score (nSPS) is 22.3. The van der Waals surface area contributed by atoms with Crippen molar-refractivity contribution < 1.29 is 4.79 Å². The van der Waals surface area contributed by atoms with E-state index in [-0.39, 0.29) is 17.4 Å². The lowest BCUT2D eigenvalue weighted by Gasteiger charge is -2.42. The van der Waals surface area contributed by atoms with Gasteiger partial charge in [0, 0.05) is 24.0 Å². The van der Waals surface area contributed by atoms with Crippen molar-refractivity contribution >= 4 is 22.2 Å². The monoisotopic (exact) mass is 309 g/mol. The van der Waals surface area contributed by atoms with Gasteiger partial charge in [0.2, 0.25) is 5.91 Å². The molecule has 5 heteroatoms. The highest BCUT2D eigenvalue weighted by Gasteiger charge is 2.33. The number of hydrogen-bond donors (Lipinski definition) is 2. The van der Waals surface area contributed by atoms with Crippen molar-refractivity contribution in [1.29, 1.82) is 0 Å². The van der Waals surface area contributed by atoms with Crippen LogP contribution in [0.25, 0.3) is 0 Å². The number of rotatable bonds is 3. The van der Waals surface area contributed by atoms with Crippen LogP contribution in [-0.2, 0) is 4.79 Å². The number of anilines is 1. The van der Waals surface area contributed by atoms with Crippen LogP contribution in [0.2, 0.25) is 0 Å². The van der Waals surface area contributed by atoms with Crippen LogP contribution in [0.5, 0.6) is 0 Å². The molecule has 2 heterocycles. The number of nitrogens with one attached hydrogen (secondary N) is 1. The summed E-state index contributed by atoms with van der Waals surface area (Å²) in [6.07, 6.45) is 0.955. The molecule has 0 aromatic carbocycles. The molecule has 118 valence electrons. The van der Waals surface area contributed by atoms with Crippen LogP contribution in [0.15, 0.2) is 0 Å². The molecule has 4 nitrogen and oxygen atoms in total. The summed E-state index contributed by atoms with van der Waals surface area (Å²) in [7, 11) is 0. The average Bonchev–Trinajstić information content (AvgIpc) is 2.61. The number of likely N-dealkylation sites (tertiary alicyclic amines) is 1. The topological polar surface area (TPSA) is 58.4 Å². The first-order valence-corrected chi connectivity index (χ1v) is 8.36.